The molecule has 4 aliphatic carbocycles. The highest BCUT2D eigenvalue weighted by molar-refractivity contribution is 5.95. The van der Waals surface area contributed by atoms with Gasteiger partial charge in [-0.05, 0) is 105 Å². The van der Waals surface area contributed by atoms with Gasteiger partial charge < -0.3 is 14.2 Å². The van der Waals surface area contributed by atoms with E-state index in [1.54, 1.807) is 19.2 Å². The van der Waals surface area contributed by atoms with Crippen LogP contribution in [0.15, 0.2) is 48.5 Å². The standard InChI is InChI=1S/C29H33NO4/c1-20(32-2)33-19-34-27-9-8-21(10-11-30-28(31)25-6-4-3-5-7-25)15-26(27)29-16-22-12-23(17-29)14-24(13-22)18-29/h3-9,15,20,22-24H,12-14,16-19H2,1-2H3,(H,30,31). The van der Waals surface area contributed by atoms with E-state index in [4.69, 9.17) is 14.2 Å². The summed E-state index contributed by atoms with van der Waals surface area (Å²) in [5, 5.41) is 2.70. The third kappa shape index (κ3) is 4.85. The molecule has 6 rings (SSSR count). The summed E-state index contributed by atoms with van der Waals surface area (Å²) < 4.78 is 16.9. The van der Waals surface area contributed by atoms with Gasteiger partial charge in [-0.3, -0.25) is 10.1 Å². The number of carbonyl (C=O) groups excluding carboxylic acids is 1. The van der Waals surface area contributed by atoms with Crippen LogP contribution < -0.4 is 10.1 Å². The molecule has 1 amide bonds. The van der Waals surface area contributed by atoms with Crippen LogP contribution in [-0.2, 0) is 14.9 Å². The van der Waals surface area contributed by atoms with Gasteiger partial charge in [0.1, 0.15) is 5.75 Å². The van der Waals surface area contributed by atoms with E-state index in [2.05, 4.69) is 23.3 Å². The molecule has 1 atom stereocenters. The van der Waals surface area contributed by atoms with E-state index in [-0.39, 0.29) is 24.4 Å². The predicted octanol–water partition coefficient (Wildman–Crippen LogP) is 5.24. The van der Waals surface area contributed by atoms with Crippen LogP contribution in [0.4, 0.5) is 0 Å². The molecule has 34 heavy (non-hydrogen) atoms. The van der Waals surface area contributed by atoms with E-state index in [1.165, 1.54) is 44.1 Å². The van der Waals surface area contributed by atoms with Gasteiger partial charge in [0.2, 0.25) is 0 Å². The Morgan fingerprint density at radius 1 is 1.06 bits per heavy atom. The summed E-state index contributed by atoms with van der Waals surface area (Å²) >= 11 is 0. The van der Waals surface area contributed by atoms with Crippen molar-refractivity contribution in [1.29, 1.82) is 0 Å². The lowest BCUT2D eigenvalue weighted by molar-refractivity contribution is -0.150. The molecule has 2 aromatic rings. The van der Waals surface area contributed by atoms with Gasteiger partial charge in [0, 0.05) is 29.8 Å². The van der Waals surface area contributed by atoms with E-state index in [1.807, 2.05) is 37.3 Å². The van der Waals surface area contributed by atoms with Gasteiger partial charge in [-0.15, -0.1) is 0 Å². The summed E-state index contributed by atoms with van der Waals surface area (Å²) in [6.07, 6.45) is 7.52. The zero-order valence-corrected chi connectivity index (χ0v) is 20.0. The molecule has 0 heterocycles. The van der Waals surface area contributed by atoms with Crippen LogP contribution in [-0.4, -0.2) is 26.1 Å². The van der Waals surface area contributed by atoms with Crippen LogP contribution in [0.2, 0.25) is 0 Å². The van der Waals surface area contributed by atoms with Crippen molar-refractivity contribution in [3.8, 4) is 17.7 Å². The summed E-state index contributed by atoms with van der Waals surface area (Å²) in [5.41, 5.74) is 2.89. The minimum absolute atomic E-state index is 0.145. The second-order valence-corrected chi connectivity index (χ2v) is 10.2. The quantitative estimate of drug-likeness (QED) is 0.350. The summed E-state index contributed by atoms with van der Waals surface area (Å²) in [4.78, 5) is 12.3. The van der Waals surface area contributed by atoms with E-state index >= 15 is 0 Å². The molecule has 4 aliphatic rings. The smallest absolute Gasteiger partial charge is 0.262 e. The van der Waals surface area contributed by atoms with Crippen molar-refractivity contribution in [2.75, 3.05) is 13.9 Å². The highest BCUT2D eigenvalue weighted by Crippen LogP contribution is 2.61. The lowest BCUT2D eigenvalue weighted by Gasteiger charge is -2.57. The van der Waals surface area contributed by atoms with Gasteiger partial charge >= 0.3 is 0 Å². The monoisotopic (exact) mass is 459 g/mol. The molecule has 5 heteroatoms. The lowest BCUT2D eigenvalue weighted by atomic mass is 9.48. The summed E-state index contributed by atoms with van der Waals surface area (Å²) in [5.74, 6) is 6.29. The normalized spacial score (nSPS) is 27.5. The van der Waals surface area contributed by atoms with Gasteiger partial charge in [0.25, 0.3) is 5.91 Å². The Kier molecular flexibility index (Phi) is 6.63. The van der Waals surface area contributed by atoms with Crippen molar-refractivity contribution < 1.29 is 19.0 Å². The Labute approximate surface area is 202 Å². The van der Waals surface area contributed by atoms with Crippen molar-refractivity contribution >= 4 is 5.91 Å². The van der Waals surface area contributed by atoms with Crippen LogP contribution in [0.5, 0.6) is 5.75 Å². The van der Waals surface area contributed by atoms with Crippen molar-refractivity contribution in [3.05, 3.63) is 65.2 Å². The average molecular weight is 460 g/mol. The summed E-state index contributed by atoms with van der Waals surface area (Å²) in [7, 11) is 1.62. The fraction of sp³-hybridized carbons (Fsp3) is 0.483. The summed E-state index contributed by atoms with van der Waals surface area (Å²) in [6.45, 7) is 2.00. The van der Waals surface area contributed by atoms with Crippen molar-refractivity contribution in [2.24, 2.45) is 17.8 Å². The Morgan fingerprint density at radius 3 is 2.38 bits per heavy atom. The van der Waals surface area contributed by atoms with Crippen LogP contribution in [0.1, 0.15) is 66.9 Å². The first-order valence-corrected chi connectivity index (χ1v) is 12.3. The molecular weight excluding hydrogens is 426 g/mol. The molecule has 4 bridgehead atoms. The zero-order chi connectivity index (χ0) is 23.5. The second kappa shape index (κ2) is 9.82. The number of amides is 1. The fourth-order valence-electron chi connectivity index (χ4n) is 6.67. The topological polar surface area (TPSA) is 56.8 Å². The minimum atomic E-state index is -0.318. The fourth-order valence-corrected chi connectivity index (χ4v) is 6.67. The van der Waals surface area contributed by atoms with Gasteiger partial charge in [-0.25, -0.2) is 0 Å². The number of carbonyl (C=O) groups is 1. The van der Waals surface area contributed by atoms with E-state index in [9.17, 15) is 4.79 Å². The Hall–Kier alpha value is -2.81. The van der Waals surface area contributed by atoms with Crippen molar-refractivity contribution in [1.82, 2.24) is 5.32 Å². The molecule has 5 nitrogen and oxygen atoms in total. The third-order valence-electron chi connectivity index (χ3n) is 7.86. The number of ether oxygens (including phenoxy) is 3. The van der Waals surface area contributed by atoms with Crippen LogP contribution >= 0.6 is 0 Å². The number of rotatable bonds is 7. The Morgan fingerprint density at radius 2 is 1.74 bits per heavy atom. The van der Waals surface area contributed by atoms with Crippen molar-refractivity contribution in [2.45, 2.75) is 57.2 Å². The minimum Gasteiger partial charge on any atom is -0.467 e. The van der Waals surface area contributed by atoms with Gasteiger partial charge in [-0.2, -0.15) is 0 Å². The Bertz CT molecular complexity index is 1050. The molecule has 4 fully saturated rings. The first kappa shape index (κ1) is 23.0. The molecule has 2 aromatic carbocycles. The molecule has 1 unspecified atom stereocenters. The zero-order valence-electron chi connectivity index (χ0n) is 20.0. The highest BCUT2D eigenvalue weighted by Gasteiger charge is 2.52. The maximum absolute atomic E-state index is 12.3. The number of methoxy groups -OCH3 is 1. The average Bonchev–Trinajstić information content (AvgIpc) is 2.84. The van der Waals surface area contributed by atoms with E-state index < -0.39 is 0 Å². The molecule has 4 saturated carbocycles. The largest absolute Gasteiger partial charge is 0.467 e. The lowest BCUT2D eigenvalue weighted by Crippen LogP contribution is -2.48. The first-order valence-electron chi connectivity index (χ1n) is 12.3. The van der Waals surface area contributed by atoms with E-state index in [0.717, 1.165) is 29.1 Å². The molecule has 0 aliphatic heterocycles. The number of hydrogen-bond donors (Lipinski definition) is 1. The van der Waals surface area contributed by atoms with E-state index in [0.29, 0.717) is 5.56 Å². The van der Waals surface area contributed by atoms with Gasteiger partial charge in [0.15, 0.2) is 13.1 Å². The molecule has 178 valence electrons. The maximum Gasteiger partial charge on any atom is 0.262 e. The molecule has 0 spiro atoms. The van der Waals surface area contributed by atoms with Gasteiger partial charge in [0.05, 0.1) is 0 Å². The van der Waals surface area contributed by atoms with Crippen LogP contribution in [0.3, 0.4) is 0 Å². The highest BCUT2D eigenvalue weighted by atomic mass is 16.7. The third-order valence-corrected chi connectivity index (χ3v) is 7.86. The second-order valence-electron chi connectivity index (χ2n) is 10.2. The molecule has 0 radical (unpaired) electrons. The number of nitrogens with one attached hydrogen (secondary N) is 1. The van der Waals surface area contributed by atoms with Crippen LogP contribution in [0, 0.1) is 29.7 Å². The number of benzene rings is 2. The van der Waals surface area contributed by atoms with Gasteiger partial charge in [-0.1, -0.05) is 18.2 Å². The molecular formula is C29H33NO4. The SMILES string of the molecule is COC(C)OCOc1ccc(C#CNC(=O)c2ccccc2)cc1C12CC3CC(CC(C3)C1)C2. The predicted molar refractivity (Wildman–Crippen MR) is 130 cm³/mol. The maximum atomic E-state index is 12.3. The molecule has 0 saturated heterocycles. The molecule has 1 N–H and O–H groups in total. The van der Waals surface area contributed by atoms with Crippen molar-refractivity contribution in [3.63, 3.8) is 0 Å². The molecule has 0 aromatic heterocycles. The summed E-state index contributed by atoms with van der Waals surface area (Å²) in [6, 6.07) is 18.1. The van der Waals surface area contributed by atoms with Crippen LogP contribution in [0.25, 0.3) is 0 Å². The number of hydrogen-bond acceptors (Lipinski definition) is 4. The Balaban J connectivity index is 1.39. The first-order chi connectivity index (χ1) is 16.5.